The van der Waals surface area contributed by atoms with Crippen molar-refractivity contribution in [1.29, 1.82) is 0 Å². The maximum atomic E-state index is 14.0. The van der Waals surface area contributed by atoms with Gasteiger partial charge in [-0.3, -0.25) is 0 Å². The highest BCUT2D eigenvalue weighted by Crippen LogP contribution is 2.30. The highest BCUT2D eigenvalue weighted by molar-refractivity contribution is 9.10. The van der Waals surface area contributed by atoms with Crippen LogP contribution in [0.1, 0.15) is 12.7 Å². The highest BCUT2D eigenvalue weighted by atomic mass is 79.9. The molecule has 0 aliphatic carbocycles. The molecular formula is C12H8Br2F2N2. The average Bonchev–Trinajstić information content (AvgIpc) is 2.34. The van der Waals surface area contributed by atoms with Crippen LogP contribution in [0.4, 0.5) is 8.78 Å². The Kier molecular flexibility index (Phi) is 4.07. The van der Waals surface area contributed by atoms with Crippen molar-refractivity contribution in [3.8, 4) is 11.3 Å². The van der Waals surface area contributed by atoms with Gasteiger partial charge in [0.05, 0.1) is 15.7 Å². The van der Waals surface area contributed by atoms with Crippen molar-refractivity contribution < 1.29 is 8.78 Å². The summed E-state index contributed by atoms with van der Waals surface area (Å²) in [5.74, 6) is -0.788. The van der Waals surface area contributed by atoms with Gasteiger partial charge in [-0.1, -0.05) is 6.92 Å². The zero-order valence-corrected chi connectivity index (χ0v) is 12.5. The van der Waals surface area contributed by atoms with E-state index in [1.54, 1.807) is 0 Å². The minimum Gasteiger partial charge on any atom is -0.233 e. The lowest BCUT2D eigenvalue weighted by Gasteiger charge is -2.07. The van der Waals surface area contributed by atoms with Gasteiger partial charge in [-0.05, 0) is 50.1 Å². The Bertz CT molecular complexity index is 603. The van der Waals surface area contributed by atoms with E-state index in [0.29, 0.717) is 16.8 Å². The molecule has 0 bridgehead atoms. The van der Waals surface area contributed by atoms with Gasteiger partial charge in [-0.2, -0.15) is 0 Å². The molecule has 0 amide bonds. The molecule has 2 rings (SSSR count). The first-order chi connectivity index (χ1) is 8.52. The maximum absolute atomic E-state index is 14.0. The zero-order valence-electron chi connectivity index (χ0n) is 9.35. The Morgan fingerprint density at radius 3 is 2.56 bits per heavy atom. The predicted octanol–water partition coefficient (Wildman–Crippen LogP) is 4.51. The van der Waals surface area contributed by atoms with E-state index in [1.165, 1.54) is 18.2 Å². The lowest BCUT2D eigenvalue weighted by Crippen LogP contribution is -1.99. The molecule has 0 saturated carbocycles. The van der Waals surface area contributed by atoms with E-state index in [1.807, 2.05) is 6.92 Å². The van der Waals surface area contributed by atoms with Crippen molar-refractivity contribution in [2.75, 3.05) is 0 Å². The molecule has 1 aromatic carbocycles. The van der Waals surface area contributed by atoms with Crippen LogP contribution in [-0.2, 0) is 6.42 Å². The standard InChI is InChI=1S/C12H8Br2F2N2/c1-2-10-17-8(5-9(14)18-10)11-7(15)4-3-6(13)12(11)16/h3-5H,2H2,1H3. The van der Waals surface area contributed by atoms with Crippen LogP contribution in [0, 0.1) is 11.6 Å². The first-order valence-electron chi connectivity index (χ1n) is 5.20. The van der Waals surface area contributed by atoms with E-state index < -0.39 is 11.6 Å². The summed E-state index contributed by atoms with van der Waals surface area (Å²) >= 11 is 6.25. The quantitative estimate of drug-likeness (QED) is 0.568. The van der Waals surface area contributed by atoms with Crippen LogP contribution in [0.2, 0.25) is 0 Å². The topological polar surface area (TPSA) is 25.8 Å². The van der Waals surface area contributed by atoms with Gasteiger partial charge < -0.3 is 0 Å². The van der Waals surface area contributed by atoms with Gasteiger partial charge in [0.25, 0.3) is 0 Å². The van der Waals surface area contributed by atoms with Crippen molar-refractivity contribution in [1.82, 2.24) is 9.97 Å². The van der Waals surface area contributed by atoms with Gasteiger partial charge in [-0.25, -0.2) is 18.7 Å². The number of halogens is 4. The summed E-state index contributed by atoms with van der Waals surface area (Å²) in [6.07, 6.45) is 0.587. The first kappa shape index (κ1) is 13.5. The second-order valence-corrected chi connectivity index (χ2v) is 5.23. The van der Waals surface area contributed by atoms with Crippen molar-refractivity contribution in [3.63, 3.8) is 0 Å². The van der Waals surface area contributed by atoms with Gasteiger partial charge in [0.2, 0.25) is 0 Å². The molecule has 0 aliphatic rings. The second-order valence-electron chi connectivity index (χ2n) is 3.56. The summed E-state index contributed by atoms with van der Waals surface area (Å²) in [4.78, 5) is 8.25. The molecule has 94 valence electrons. The fourth-order valence-electron chi connectivity index (χ4n) is 1.51. The van der Waals surface area contributed by atoms with Crippen LogP contribution in [0.25, 0.3) is 11.3 Å². The third-order valence-corrected chi connectivity index (χ3v) is 3.38. The van der Waals surface area contributed by atoms with E-state index in [4.69, 9.17) is 0 Å². The smallest absolute Gasteiger partial charge is 0.149 e. The van der Waals surface area contributed by atoms with E-state index in [-0.39, 0.29) is 15.7 Å². The molecule has 0 unspecified atom stereocenters. The van der Waals surface area contributed by atoms with Crippen LogP contribution in [-0.4, -0.2) is 9.97 Å². The van der Waals surface area contributed by atoms with E-state index >= 15 is 0 Å². The number of rotatable bonds is 2. The number of aryl methyl sites for hydroxylation is 1. The highest BCUT2D eigenvalue weighted by Gasteiger charge is 2.16. The van der Waals surface area contributed by atoms with Crippen molar-refractivity contribution in [2.24, 2.45) is 0 Å². The van der Waals surface area contributed by atoms with Crippen LogP contribution >= 0.6 is 31.9 Å². The van der Waals surface area contributed by atoms with Gasteiger partial charge in [0.15, 0.2) is 0 Å². The molecule has 0 aliphatic heterocycles. The molecule has 0 radical (unpaired) electrons. The van der Waals surface area contributed by atoms with Gasteiger partial charge in [0, 0.05) is 6.42 Å². The van der Waals surface area contributed by atoms with Gasteiger partial charge in [0.1, 0.15) is 22.1 Å². The Morgan fingerprint density at radius 1 is 1.17 bits per heavy atom. The van der Waals surface area contributed by atoms with Crippen molar-refractivity contribution >= 4 is 31.9 Å². The first-order valence-corrected chi connectivity index (χ1v) is 6.79. The fourth-order valence-corrected chi connectivity index (χ4v) is 2.26. The second kappa shape index (κ2) is 5.40. The zero-order chi connectivity index (χ0) is 13.3. The number of hydrogen-bond acceptors (Lipinski definition) is 2. The Hall–Kier alpha value is -0.880. The molecule has 2 aromatic rings. The normalized spacial score (nSPS) is 10.7. The molecule has 0 fully saturated rings. The Morgan fingerprint density at radius 2 is 1.89 bits per heavy atom. The summed E-state index contributed by atoms with van der Waals surface area (Å²) in [6, 6.07) is 4.02. The molecule has 0 N–H and O–H groups in total. The molecule has 0 saturated heterocycles. The summed E-state index contributed by atoms with van der Waals surface area (Å²) in [6.45, 7) is 1.87. The van der Waals surface area contributed by atoms with Crippen LogP contribution in [0.15, 0.2) is 27.3 Å². The predicted molar refractivity (Wildman–Crippen MR) is 72.2 cm³/mol. The number of benzene rings is 1. The van der Waals surface area contributed by atoms with Crippen LogP contribution < -0.4 is 0 Å². The number of hydrogen-bond donors (Lipinski definition) is 0. The Labute approximate surface area is 120 Å². The minimum absolute atomic E-state index is 0.151. The summed E-state index contributed by atoms with van der Waals surface area (Å²) in [5.41, 5.74) is 0.0761. The lowest BCUT2D eigenvalue weighted by molar-refractivity contribution is 0.584. The molecular weight excluding hydrogens is 370 g/mol. The molecule has 6 heteroatoms. The fraction of sp³-hybridized carbons (Fsp3) is 0.167. The lowest BCUT2D eigenvalue weighted by atomic mass is 10.1. The van der Waals surface area contributed by atoms with Crippen LogP contribution in [0.3, 0.4) is 0 Å². The average molecular weight is 378 g/mol. The van der Waals surface area contributed by atoms with Gasteiger partial charge in [-0.15, -0.1) is 0 Å². The minimum atomic E-state index is -0.664. The third-order valence-electron chi connectivity index (χ3n) is 2.36. The largest absolute Gasteiger partial charge is 0.233 e. The molecule has 1 aromatic heterocycles. The Balaban J connectivity index is 2.69. The maximum Gasteiger partial charge on any atom is 0.149 e. The molecule has 0 atom stereocenters. The monoisotopic (exact) mass is 376 g/mol. The van der Waals surface area contributed by atoms with Crippen molar-refractivity contribution in [3.05, 3.63) is 44.7 Å². The molecule has 1 heterocycles. The van der Waals surface area contributed by atoms with E-state index in [2.05, 4.69) is 41.8 Å². The van der Waals surface area contributed by atoms with Crippen LogP contribution in [0.5, 0.6) is 0 Å². The summed E-state index contributed by atoms with van der Waals surface area (Å²) in [5, 5.41) is 0. The van der Waals surface area contributed by atoms with E-state index in [9.17, 15) is 8.78 Å². The molecule has 2 nitrogen and oxygen atoms in total. The number of nitrogens with zero attached hydrogens (tertiary/aromatic N) is 2. The number of aromatic nitrogens is 2. The summed E-state index contributed by atoms with van der Waals surface area (Å²) < 4.78 is 28.4. The third kappa shape index (κ3) is 2.59. The molecule has 18 heavy (non-hydrogen) atoms. The van der Waals surface area contributed by atoms with E-state index in [0.717, 1.165) is 0 Å². The van der Waals surface area contributed by atoms with Crippen molar-refractivity contribution in [2.45, 2.75) is 13.3 Å². The summed E-state index contributed by atoms with van der Waals surface area (Å²) in [7, 11) is 0. The van der Waals surface area contributed by atoms with Gasteiger partial charge >= 0.3 is 0 Å². The SMILES string of the molecule is CCc1nc(Br)cc(-c2c(F)ccc(Br)c2F)n1. The molecule has 0 spiro atoms.